The highest BCUT2D eigenvalue weighted by molar-refractivity contribution is 6.97. The molecule has 1 saturated heterocycles. The molecule has 1 saturated carbocycles. The van der Waals surface area contributed by atoms with Crippen LogP contribution in [0.3, 0.4) is 0 Å². The van der Waals surface area contributed by atoms with Crippen LogP contribution in [0.15, 0.2) is 30.3 Å². The number of hydrogen-bond donors (Lipinski definition) is 0. The van der Waals surface area contributed by atoms with Gasteiger partial charge in [-0.2, -0.15) is 0 Å². The van der Waals surface area contributed by atoms with Gasteiger partial charge in [0.25, 0.3) is 0 Å². The summed E-state index contributed by atoms with van der Waals surface area (Å²) in [5, 5.41) is 1.42. The molecule has 1 nitrogen and oxygen atoms in total. The molecule has 1 aliphatic carbocycles. The van der Waals surface area contributed by atoms with Crippen LogP contribution in [0.5, 0.6) is 0 Å². The molecule has 0 aromatic heterocycles. The molecule has 2 fully saturated rings. The number of ether oxygens (including phenoxy) is 1. The molecule has 4 atom stereocenters. The van der Waals surface area contributed by atoms with Crippen molar-refractivity contribution in [1.82, 2.24) is 0 Å². The van der Waals surface area contributed by atoms with Crippen molar-refractivity contribution in [3.63, 3.8) is 0 Å². The van der Waals surface area contributed by atoms with Crippen LogP contribution in [0.1, 0.15) is 80.2 Å². The molecule has 0 bridgehead atoms. The van der Waals surface area contributed by atoms with Gasteiger partial charge in [-0.15, -0.1) is 0 Å². The molecule has 0 spiro atoms. The Morgan fingerprint density at radius 2 is 1.59 bits per heavy atom. The molecular weight excluding hydrogens is 344 g/mol. The van der Waals surface area contributed by atoms with Crippen molar-refractivity contribution in [2.75, 3.05) is 0 Å². The maximum atomic E-state index is 6.66. The van der Waals surface area contributed by atoms with E-state index in [1.165, 1.54) is 30.9 Å². The van der Waals surface area contributed by atoms with E-state index in [9.17, 15) is 0 Å². The lowest BCUT2D eigenvalue weighted by molar-refractivity contribution is -0.0410. The van der Waals surface area contributed by atoms with Crippen molar-refractivity contribution in [3.05, 3.63) is 35.9 Å². The molecule has 1 unspecified atom stereocenters. The summed E-state index contributed by atoms with van der Waals surface area (Å²) in [6.07, 6.45) is 4.41. The predicted molar refractivity (Wildman–Crippen MR) is 120 cm³/mol. The molecule has 2 heteroatoms. The van der Waals surface area contributed by atoms with E-state index in [2.05, 4.69) is 85.7 Å². The van der Waals surface area contributed by atoms with Crippen LogP contribution in [0.4, 0.5) is 0 Å². The van der Waals surface area contributed by atoms with E-state index in [0.29, 0.717) is 21.2 Å². The average molecular weight is 387 g/mol. The summed E-state index contributed by atoms with van der Waals surface area (Å²) >= 11 is 0. The van der Waals surface area contributed by atoms with Crippen LogP contribution in [0, 0.1) is 11.8 Å². The van der Waals surface area contributed by atoms with Gasteiger partial charge >= 0.3 is 0 Å². The lowest BCUT2D eigenvalue weighted by Crippen LogP contribution is -2.46. The third-order valence-electron chi connectivity index (χ3n) is 8.22. The minimum atomic E-state index is -1.45. The lowest BCUT2D eigenvalue weighted by atomic mass is 9.75. The highest BCUT2D eigenvalue weighted by Gasteiger charge is 2.78. The number of hydrogen-bond acceptors (Lipinski definition) is 1. The van der Waals surface area contributed by atoms with E-state index in [1.807, 2.05) is 0 Å². The summed E-state index contributed by atoms with van der Waals surface area (Å²) in [6.45, 7) is 21.0. The topological polar surface area (TPSA) is 9.23 Å². The van der Waals surface area contributed by atoms with Crippen LogP contribution in [-0.4, -0.2) is 14.2 Å². The first-order chi connectivity index (χ1) is 12.4. The molecule has 0 N–H and O–H groups in total. The molecule has 1 aromatic rings. The Morgan fingerprint density at radius 3 is 2.11 bits per heavy atom. The molecule has 27 heavy (non-hydrogen) atoms. The van der Waals surface area contributed by atoms with Crippen LogP contribution in [0.2, 0.25) is 21.2 Å². The molecule has 1 heterocycles. The number of benzene rings is 1. The summed E-state index contributed by atoms with van der Waals surface area (Å²) in [6, 6.07) is 12.2. The zero-order valence-corrected chi connectivity index (χ0v) is 20.1. The van der Waals surface area contributed by atoms with Gasteiger partial charge in [-0.1, -0.05) is 98.2 Å². The fourth-order valence-electron chi connectivity index (χ4n) is 7.34. The van der Waals surface area contributed by atoms with Crippen LogP contribution >= 0.6 is 0 Å². The number of rotatable bonds is 4. The fraction of sp³-hybridized carbons (Fsp3) is 0.760. The SMILES string of the molecule is C[C@@H]1CC[C@H](C2(C)C[Si]2(C(C)(C)C)C(C)(C)C)[C@H](OCc2ccccc2)C1. The molecule has 1 aliphatic heterocycles. The normalized spacial score (nSPS) is 33.7. The van der Waals surface area contributed by atoms with Gasteiger partial charge in [-0.25, -0.2) is 0 Å². The summed E-state index contributed by atoms with van der Waals surface area (Å²) in [5.74, 6) is 1.53. The molecule has 152 valence electrons. The van der Waals surface area contributed by atoms with Crippen molar-refractivity contribution in [2.24, 2.45) is 11.8 Å². The highest BCUT2D eigenvalue weighted by Crippen LogP contribution is 2.83. The lowest BCUT2D eigenvalue weighted by Gasteiger charge is -2.48. The Labute approximate surface area is 169 Å². The van der Waals surface area contributed by atoms with Crippen molar-refractivity contribution in [3.8, 4) is 0 Å². The summed E-state index contributed by atoms with van der Waals surface area (Å²) in [4.78, 5) is 0. The van der Waals surface area contributed by atoms with Crippen molar-refractivity contribution in [1.29, 1.82) is 0 Å². The minimum Gasteiger partial charge on any atom is -0.373 e. The molecule has 1 aromatic carbocycles. The Kier molecular flexibility index (Phi) is 5.49. The van der Waals surface area contributed by atoms with Crippen molar-refractivity contribution in [2.45, 2.75) is 109 Å². The van der Waals surface area contributed by atoms with E-state index in [-0.39, 0.29) is 0 Å². The van der Waals surface area contributed by atoms with E-state index in [4.69, 9.17) is 4.74 Å². The highest BCUT2D eigenvalue weighted by atomic mass is 28.3. The van der Waals surface area contributed by atoms with Gasteiger partial charge in [-0.3, -0.25) is 0 Å². The standard InChI is InChI=1S/C25H42OSi/c1-19-14-15-21(22(16-19)26-17-20-12-10-9-11-13-20)25(8)18-27(25,23(2,3)4)24(5,6)7/h9-13,19,21-22H,14-18H2,1-8H3/t19-,21+,22-,25?/m1/s1. The van der Waals surface area contributed by atoms with Gasteiger partial charge < -0.3 is 4.74 Å². The van der Waals surface area contributed by atoms with Crippen molar-refractivity contribution < 1.29 is 4.74 Å². The first-order valence-electron chi connectivity index (χ1n) is 11.1. The molecule has 0 radical (unpaired) electrons. The molecule has 0 amide bonds. The first kappa shape index (κ1) is 21.1. The first-order valence-corrected chi connectivity index (χ1v) is 13.3. The molecule has 3 rings (SSSR count). The smallest absolute Gasteiger partial charge is 0.0720 e. The van der Waals surface area contributed by atoms with Gasteiger partial charge in [0.15, 0.2) is 0 Å². The van der Waals surface area contributed by atoms with Gasteiger partial charge in [-0.05, 0) is 45.4 Å². The third kappa shape index (κ3) is 3.57. The van der Waals surface area contributed by atoms with Gasteiger partial charge in [0.05, 0.1) is 20.8 Å². The monoisotopic (exact) mass is 386 g/mol. The van der Waals surface area contributed by atoms with Crippen molar-refractivity contribution >= 4 is 8.07 Å². The predicted octanol–water partition coefficient (Wildman–Crippen LogP) is 7.83. The quantitative estimate of drug-likeness (QED) is 0.479. The fourth-order valence-corrected chi connectivity index (χ4v) is 16.8. The summed E-state index contributed by atoms with van der Waals surface area (Å²) in [7, 11) is -1.45. The molecular formula is C25H42OSi. The van der Waals surface area contributed by atoms with E-state index in [0.717, 1.165) is 18.4 Å². The second-order valence-corrected chi connectivity index (χ2v) is 18.2. The van der Waals surface area contributed by atoms with Gasteiger partial charge in [0.1, 0.15) is 0 Å². The Balaban J connectivity index is 1.84. The maximum Gasteiger partial charge on any atom is 0.0720 e. The zero-order valence-electron chi connectivity index (χ0n) is 19.1. The molecule has 2 aliphatic rings. The van der Waals surface area contributed by atoms with Gasteiger partial charge in [0.2, 0.25) is 0 Å². The van der Waals surface area contributed by atoms with Gasteiger partial charge in [0, 0.05) is 0 Å². The Hall–Kier alpha value is -0.603. The van der Waals surface area contributed by atoms with Crippen LogP contribution < -0.4 is 0 Å². The average Bonchev–Trinajstić information content (AvgIpc) is 3.23. The summed E-state index contributed by atoms with van der Waals surface area (Å²) < 4.78 is 6.66. The van der Waals surface area contributed by atoms with E-state index in [1.54, 1.807) is 0 Å². The zero-order chi connectivity index (χ0) is 20.1. The summed E-state index contributed by atoms with van der Waals surface area (Å²) in [5.41, 5.74) is 1.31. The van der Waals surface area contributed by atoms with Crippen LogP contribution in [-0.2, 0) is 11.3 Å². The van der Waals surface area contributed by atoms with E-state index < -0.39 is 8.07 Å². The largest absolute Gasteiger partial charge is 0.373 e. The van der Waals surface area contributed by atoms with Crippen LogP contribution in [0.25, 0.3) is 0 Å². The minimum absolute atomic E-state index is 0.429. The third-order valence-corrected chi connectivity index (χ3v) is 16.7. The second-order valence-electron chi connectivity index (χ2n) is 11.9. The second kappa shape index (κ2) is 7.02. The Bertz CT molecular complexity index is 625. The maximum absolute atomic E-state index is 6.66. The van der Waals surface area contributed by atoms with E-state index >= 15 is 0 Å². The Morgan fingerprint density at radius 1 is 1.00 bits per heavy atom.